The highest BCUT2D eigenvalue weighted by molar-refractivity contribution is 9.10. The fourth-order valence-electron chi connectivity index (χ4n) is 3.61. The van der Waals surface area contributed by atoms with Crippen molar-refractivity contribution in [3.63, 3.8) is 0 Å². The first-order valence-electron chi connectivity index (χ1n) is 8.96. The lowest BCUT2D eigenvalue weighted by Gasteiger charge is -2.43. The maximum Gasteiger partial charge on any atom is 0.411 e. The van der Waals surface area contributed by atoms with E-state index >= 15 is 0 Å². The number of cyclic esters (lactones) is 1. The monoisotopic (exact) mass is 431 g/mol. The van der Waals surface area contributed by atoms with Crippen LogP contribution in [0.25, 0.3) is 0 Å². The van der Waals surface area contributed by atoms with Crippen LogP contribution in [-0.4, -0.2) is 17.5 Å². The number of hydrogen-bond acceptors (Lipinski definition) is 2. The van der Waals surface area contributed by atoms with E-state index in [4.69, 9.17) is 4.74 Å². The number of rotatable bonds is 5. The van der Waals surface area contributed by atoms with Crippen molar-refractivity contribution >= 4 is 22.0 Å². The van der Waals surface area contributed by atoms with Crippen molar-refractivity contribution in [3.05, 3.63) is 82.1 Å². The Morgan fingerprint density at radius 3 is 2.44 bits per heavy atom. The third-order valence-corrected chi connectivity index (χ3v) is 5.58. The molecule has 1 amide bonds. The molecule has 1 aliphatic rings. The van der Waals surface area contributed by atoms with Crippen LogP contribution < -0.4 is 0 Å². The Labute approximate surface area is 168 Å². The van der Waals surface area contributed by atoms with Crippen LogP contribution in [0.2, 0.25) is 0 Å². The van der Waals surface area contributed by atoms with Gasteiger partial charge in [0.05, 0.1) is 6.04 Å². The van der Waals surface area contributed by atoms with Gasteiger partial charge in [0.1, 0.15) is 11.4 Å². The lowest BCUT2D eigenvalue weighted by Crippen LogP contribution is -2.48. The van der Waals surface area contributed by atoms with E-state index in [0.29, 0.717) is 19.4 Å². The van der Waals surface area contributed by atoms with E-state index in [2.05, 4.69) is 22.5 Å². The Bertz CT molecular complexity index is 834. The van der Waals surface area contributed by atoms with Gasteiger partial charge in [-0.2, -0.15) is 0 Å². The molecule has 1 fully saturated rings. The molecule has 1 unspecified atom stereocenters. The molecule has 0 radical (unpaired) electrons. The van der Waals surface area contributed by atoms with Crippen molar-refractivity contribution in [1.29, 1.82) is 0 Å². The first-order valence-corrected chi connectivity index (χ1v) is 9.75. The lowest BCUT2D eigenvalue weighted by molar-refractivity contribution is -0.0602. The molecule has 0 saturated carbocycles. The molecule has 1 heterocycles. The molecular weight excluding hydrogens is 409 g/mol. The standard InChI is InChI=1S/C22H23BrFNO2/c1-15(2)14-22(18-6-10-20(24)11-7-18)12-13-25(21(26)27-22)16(3)17-4-8-19(23)9-5-17/h4-11,16H,1,12-14H2,2-3H3/t16-,22?/m0/s1. The zero-order valence-corrected chi connectivity index (χ0v) is 17.1. The van der Waals surface area contributed by atoms with Gasteiger partial charge in [0.25, 0.3) is 0 Å². The van der Waals surface area contributed by atoms with Crippen LogP contribution in [0, 0.1) is 5.82 Å². The second-order valence-electron chi connectivity index (χ2n) is 7.17. The van der Waals surface area contributed by atoms with Gasteiger partial charge < -0.3 is 9.64 Å². The highest BCUT2D eigenvalue weighted by Gasteiger charge is 2.43. The van der Waals surface area contributed by atoms with Gasteiger partial charge in [0, 0.05) is 23.9 Å². The fraction of sp³-hybridized carbons (Fsp3) is 0.318. The van der Waals surface area contributed by atoms with E-state index < -0.39 is 5.60 Å². The number of hydrogen-bond donors (Lipinski definition) is 0. The van der Waals surface area contributed by atoms with E-state index in [9.17, 15) is 9.18 Å². The van der Waals surface area contributed by atoms with Crippen LogP contribution in [0.3, 0.4) is 0 Å². The van der Waals surface area contributed by atoms with Gasteiger partial charge in [-0.3, -0.25) is 0 Å². The summed E-state index contributed by atoms with van der Waals surface area (Å²) in [5.41, 5.74) is 1.97. The van der Waals surface area contributed by atoms with E-state index in [1.165, 1.54) is 12.1 Å². The molecule has 0 spiro atoms. The summed E-state index contributed by atoms with van der Waals surface area (Å²) >= 11 is 3.43. The summed E-state index contributed by atoms with van der Waals surface area (Å²) in [6.07, 6.45) is 0.783. The Hall–Kier alpha value is -2.14. The largest absolute Gasteiger partial charge is 0.437 e. The van der Waals surface area contributed by atoms with Crippen LogP contribution in [0.15, 0.2) is 65.2 Å². The zero-order valence-electron chi connectivity index (χ0n) is 15.5. The summed E-state index contributed by atoms with van der Waals surface area (Å²) in [4.78, 5) is 14.6. The minimum atomic E-state index is -0.799. The normalized spacial score (nSPS) is 20.9. The van der Waals surface area contributed by atoms with E-state index in [1.54, 1.807) is 17.0 Å². The summed E-state index contributed by atoms with van der Waals surface area (Å²) in [6, 6.07) is 14.0. The number of carbonyl (C=O) groups is 1. The molecule has 2 aromatic rings. The Morgan fingerprint density at radius 2 is 1.89 bits per heavy atom. The molecule has 3 nitrogen and oxygen atoms in total. The average Bonchev–Trinajstić information content (AvgIpc) is 2.62. The van der Waals surface area contributed by atoms with Crippen LogP contribution >= 0.6 is 15.9 Å². The van der Waals surface area contributed by atoms with E-state index in [1.807, 2.05) is 38.1 Å². The minimum absolute atomic E-state index is 0.0957. The van der Waals surface area contributed by atoms with Crippen molar-refractivity contribution in [2.75, 3.05) is 6.54 Å². The number of amides is 1. The van der Waals surface area contributed by atoms with Gasteiger partial charge in [-0.15, -0.1) is 0 Å². The Morgan fingerprint density at radius 1 is 1.26 bits per heavy atom. The van der Waals surface area contributed by atoms with Crippen LogP contribution in [0.5, 0.6) is 0 Å². The summed E-state index contributed by atoms with van der Waals surface area (Å²) in [5.74, 6) is -0.308. The second kappa shape index (κ2) is 7.85. The molecule has 0 N–H and O–H groups in total. The highest BCUT2D eigenvalue weighted by atomic mass is 79.9. The number of benzene rings is 2. The maximum atomic E-state index is 13.4. The number of carbonyl (C=O) groups excluding carboxylic acids is 1. The van der Waals surface area contributed by atoms with E-state index in [0.717, 1.165) is 21.2 Å². The SMILES string of the molecule is C=C(C)CC1(c2ccc(F)cc2)CCN([C@@H](C)c2ccc(Br)cc2)C(=O)O1. The topological polar surface area (TPSA) is 29.5 Å². The lowest BCUT2D eigenvalue weighted by atomic mass is 9.83. The van der Waals surface area contributed by atoms with Crippen LogP contribution in [0.1, 0.15) is 43.9 Å². The molecule has 2 aromatic carbocycles. The summed E-state index contributed by atoms with van der Waals surface area (Å²) in [5, 5.41) is 0. The molecule has 142 valence electrons. The van der Waals surface area contributed by atoms with Crippen molar-refractivity contribution in [1.82, 2.24) is 4.90 Å². The molecule has 27 heavy (non-hydrogen) atoms. The molecule has 1 saturated heterocycles. The van der Waals surface area contributed by atoms with Gasteiger partial charge in [-0.1, -0.05) is 52.3 Å². The second-order valence-corrected chi connectivity index (χ2v) is 8.09. The maximum absolute atomic E-state index is 13.4. The quantitative estimate of drug-likeness (QED) is 0.515. The predicted molar refractivity (Wildman–Crippen MR) is 108 cm³/mol. The number of halogens is 2. The van der Waals surface area contributed by atoms with Crippen molar-refractivity contribution in [3.8, 4) is 0 Å². The molecule has 0 aliphatic carbocycles. The van der Waals surface area contributed by atoms with Crippen molar-refractivity contribution in [2.24, 2.45) is 0 Å². The predicted octanol–water partition coefficient (Wildman–Crippen LogP) is 6.35. The molecule has 0 bridgehead atoms. The third kappa shape index (κ3) is 4.24. The van der Waals surface area contributed by atoms with Crippen molar-refractivity contribution < 1.29 is 13.9 Å². The van der Waals surface area contributed by atoms with Gasteiger partial charge in [-0.25, -0.2) is 9.18 Å². The number of ether oxygens (including phenoxy) is 1. The molecule has 5 heteroatoms. The van der Waals surface area contributed by atoms with Crippen LogP contribution in [-0.2, 0) is 10.3 Å². The molecule has 2 atom stereocenters. The molecule has 0 aromatic heterocycles. The Kier molecular flexibility index (Phi) is 5.70. The van der Waals surface area contributed by atoms with Crippen LogP contribution in [0.4, 0.5) is 9.18 Å². The first-order chi connectivity index (χ1) is 12.8. The summed E-state index contributed by atoms with van der Waals surface area (Å²) in [6.45, 7) is 8.45. The summed E-state index contributed by atoms with van der Waals surface area (Å²) in [7, 11) is 0. The summed E-state index contributed by atoms with van der Waals surface area (Å²) < 4.78 is 20.3. The van der Waals surface area contributed by atoms with Gasteiger partial charge in [0.15, 0.2) is 0 Å². The van der Waals surface area contributed by atoms with Crippen molar-refractivity contribution in [2.45, 2.75) is 38.3 Å². The van der Waals surface area contributed by atoms with E-state index in [-0.39, 0.29) is 18.0 Å². The fourth-order valence-corrected chi connectivity index (χ4v) is 3.88. The minimum Gasteiger partial charge on any atom is -0.437 e. The molecule has 1 aliphatic heterocycles. The zero-order chi connectivity index (χ0) is 19.6. The molecular formula is C22H23BrFNO2. The van der Waals surface area contributed by atoms with Gasteiger partial charge in [-0.05, 0) is 49.2 Å². The van der Waals surface area contributed by atoms with Gasteiger partial charge in [0.2, 0.25) is 0 Å². The smallest absolute Gasteiger partial charge is 0.411 e. The van der Waals surface area contributed by atoms with Gasteiger partial charge >= 0.3 is 6.09 Å². The number of nitrogens with zero attached hydrogens (tertiary/aromatic N) is 1. The first kappa shape index (κ1) is 19.6. The highest BCUT2D eigenvalue weighted by Crippen LogP contribution is 2.41. The average molecular weight is 432 g/mol. The Balaban J connectivity index is 1.85. The molecule has 3 rings (SSSR count). The third-order valence-electron chi connectivity index (χ3n) is 5.05.